The SMILES string of the molecule is COC[C@@H](C)NC(=O)C1CCN(Cc2ccc(C)cc2)CC1. The highest BCUT2D eigenvalue weighted by atomic mass is 16.5. The summed E-state index contributed by atoms with van der Waals surface area (Å²) in [6.07, 6.45) is 1.88. The number of piperidine rings is 1. The number of likely N-dealkylation sites (tertiary alicyclic amines) is 1. The third-order valence-electron chi connectivity index (χ3n) is 4.29. The maximum Gasteiger partial charge on any atom is 0.223 e. The summed E-state index contributed by atoms with van der Waals surface area (Å²) in [6.45, 7) is 7.62. The zero-order chi connectivity index (χ0) is 15.9. The fourth-order valence-corrected chi connectivity index (χ4v) is 2.96. The second kappa shape index (κ2) is 8.30. The molecule has 122 valence electrons. The summed E-state index contributed by atoms with van der Waals surface area (Å²) < 4.78 is 5.06. The van der Waals surface area contributed by atoms with E-state index in [1.165, 1.54) is 11.1 Å². The normalized spacial score (nSPS) is 18.1. The van der Waals surface area contributed by atoms with E-state index < -0.39 is 0 Å². The van der Waals surface area contributed by atoms with E-state index in [2.05, 4.69) is 41.4 Å². The van der Waals surface area contributed by atoms with Gasteiger partial charge in [0.1, 0.15) is 0 Å². The molecule has 4 nitrogen and oxygen atoms in total. The van der Waals surface area contributed by atoms with E-state index in [4.69, 9.17) is 4.74 Å². The molecule has 2 rings (SSSR count). The van der Waals surface area contributed by atoms with Crippen molar-refractivity contribution in [2.45, 2.75) is 39.3 Å². The zero-order valence-corrected chi connectivity index (χ0v) is 14.0. The van der Waals surface area contributed by atoms with Gasteiger partial charge >= 0.3 is 0 Å². The Morgan fingerprint density at radius 1 is 1.32 bits per heavy atom. The Morgan fingerprint density at radius 2 is 1.95 bits per heavy atom. The maximum absolute atomic E-state index is 12.2. The molecule has 0 saturated carbocycles. The molecule has 1 saturated heterocycles. The van der Waals surface area contributed by atoms with Crippen LogP contribution in [-0.4, -0.2) is 43.7 Å². The van der Waals surface area contributed by atoms with Gasteiger partial charge in [-0.3, -0.25) is 9.69 Å². The van der Waals surface area contributed by atoms with Gasteiger partial charge in [0.2, 0.25) is 5.91 Å². The van der Waals surface area contributed by atoms with Gasteiger partial charge in [0.25, 0.3) is 0 Å². The largest absolute Gasteiger partial charge is 0.383 e. The molecule has 0 spiro atoms. The predicted octanol–water partition coefficient (Wildman–Crippen LogP) is 2.36. The van der Waals surface area contributed by atoms with E-state index in [1.807, 2.05) is 6.92 Å². The molecule has 1 fully saturated rings. The van der Waals surface area contributed by atoms with Crippen molar-refractivity contribution in [2.75, 3.05) is 26.8 Å². The number of nitrogens with zero attached hydrogens (tertiary/aromatic N) is 1. The fourth-order valence-electron chi connectivity index (χ4n) is 2.96. The van der Waals surface area contributed by atoms with Gasteiger partial charge in [0.05, 0.1) is 6.61 Å². The predicted molar refractivity (Wildman–Crippen MR) is 88.7 cm³/mol. The van der Waals surface area contributed by atoms with Crippen LogP contribution in [0.4, 0.5) is 0 Å². The molecule has 0 unspecified atom stereocenters. The lowest BCUT2D eigenvalue weighted by molar-refractivity contribution is -0.127. The van der Waals surface area contributed by atoms with E-state index in [-0.39, 0.29) is 17.9 Å². The van der Waals surface area contributed by atoms with Crippen LogP contribution in [0, 0.1) is 12.8 Å². The van der Waals surface area contributed by atoms with Crippen LogP contribution >= 0.6 is 0 Å². The third kappa shape index (κ3) is 5.11. The second-order valence-corrected chi connectivity index (χ2v) is 6.40. The van der Waals surface area contributed by atoms with Crippen molar-refractivity contribution >= 4 is 5.91 Å². The lowest BCUT2D eigenvalue weighted by atomic mass is 9.95. The Kier molecular flexibility index (Phi) is 6.40. The van der Waals surface area contributed by atoms with Gasteiger partial charge in [-0.05, 0) is 45.3 Å². The van der Waals surface area contributed by atoms with Gasteiger partial charge < -0.3 is 10.1 Å². The second-order valence-electron chi connectivity index (χ2n) is 6.40. The average Bonchev–Trinajstić information content (AvgIpc) is 2.50. The number of nitrogens with one attached hydrogen (secondary N) is 1. The molecule has 1 heterocycles. The standard InChI is InChI=1S/C18H28N2O2/c1-14-4-6-16(7-5-14)12-20-10-8-17(9-11-20)18(21)19-15(2)13-22-3/h4-7,15,17H,8-13H2,1-3H3,(H,19,21)/t15-/m1/s1. The molecule has 1 N–H and O–H groups in total. The fraction of sp³-hybridized carbons (Fsp3) is 0.611. The number of hydrogen-bond acceptors (Lipinski definition) is 3. The van der Waals surface area contributed by atoms with E-state index >= 15 is 0 Å². The molecule has 0 radical (unpaired) electrons. The van der Waals surface area contributed by atoms with E-state index in [0.29, 0.717) is 6.61 Å². The number of methoxy groups -OCH3 is 1. The van der Waals surface area contributed by atoms with E-state index in [0.717, 1.165) is 32.5 Å². The molecule has 0 aromatic heterocycles. The van der Waals surface area contributed by atoms with Crippen molar-refractivity contribution in [3.63, 3.8) is 0 Å². The third-order valence-corrected chi connectivity index (χ3v) is 4.29. The van der Waals surface area contributed by atoms with Crippen LogP contribution in [0.3, 0.4) is 0 Å². The Hall–Kier alpha value is -1.39. The van der Waals surface area contributed by atoms with Crippen molar-refractivity contribution in [1.82, 2.24) is 10.2 Å². The van der Waals surface area contributed by atoms with Gasteiger partial charge in [0.15, 0.2) is 0 Å². The summed E-state index contributed by atoms with van der Waals surface area (Å²) in [7, 11) is 1.66. The highest BCUT2D eigenvalue weighted by Crippen LogP contribution is 2.19. The Morgan fingerprint density at radius 3 is 2.55 bits per heavy atom. The van der Waals surface area contributed by atoms with Gasteiger partial charge in [-0.2, -0.15) is 0 Å². The molecule has 0 aliphatic carbocycles. The summed E-state index contributed by atoms with van der Waals surface area (Å²) in [6, 6.07) is 8.80. The summed E-state index contributed by atoms with van der Waals surface area (Å²) in [5.41, 5.74) is 2.64. The number of hydrogen-bond donors (Lipinski definition) is 1. The quantitative estimate of drug-likeness (QED) is 0.877. The summed E-state index contributed by atoms with van der Waals surface area (Å²) >= 11 is 0. The lowest BCUT2D eigenvalue weighted by Crippen LogP contribution is -2.44. The first-order valence-electron chi connectivity index (χ1n) is 8.15. The Bertz CT molecular complexity index is 464. The monoisotopic (exact) mass is 304 g/mol. The maximum atomic E-state index is 12.2. The lowest BCUT2D eigenvalue weighted by Gasteiger charge is -2.31. The smallest absolute Gasteiger partial charge is 0.223 e. The van der Waals surface area contributed by atoms with Crippen LogP contribution < -0.4 is 5.32 Å². The first-order valence-corrected chi connectivity index (χ1v) is 8.15. The minimum Gasteiger partial charge on any atom is -0.383 e. The molecular weight excluding hydrogens is 276 g/mol. The molecule has 1 aromatic carbocycles. The first-order chi connectivity index (χ1) is 10.6. The number of benzene rings is 1. The molecule has 1 aliphatic rings. The zero-order valence-electron chi connectivity index (χ0n) is 14.0. The van der Waals surface area contributed by atoms with E-state index in [1.54, 1.807) is 7.11 Å². The van der Waals surface area contributed by atoms with Gasteiger partial charge in [-0.15, -0.1) is 0 Å². The highest BCUT2D eigenvalue weighted by molar-refractivity contribution is 5.79. The molecule has 1 atom stereocenters. The van der Waals surface area contributed by atoms with Crippen LogP contribution in [-0.2, 0) is 16.1 Å². The summed E-state index contributed by atoms with van der Waals surface area (Å²) in [5, 5.41) is 3.04. The van der Waals surface area contributed by atoms with Gasteiger partial charge in [-0.25, -0.2) is 0 Å². The van der Waals surface area contributed by atoms with Crippen molar-refractivity contribution < 1.29 is 9.53 Å². The molecular formula is C18H28N2O2. The number of carbonyl (C=O) groups is 1. The highest BCUT2D eigenvalue weighted by Gasteiger charge is 2.25. The molecule has 1 aromatic rings. The molecule has 4 heteroatoms. The van der Waals surface area contributed by atoms with Crippen LogP contribution in [0.5, 0.6) is 0 Å². The summed E-state index contributed by atoms with van der Waals surface area (Å²) in [4.78, 5) is 14.6. The number of ether oxygens (including phenoxy) is 1. The van der Waals surface area contributed by atoms with Crippen LogP contribution in [0.2, 0.25) is 0 Å². The molecule has 0 bridgehead atoms. The summed E-state index contributed by atoms with van der Waals surface area (Å²) in [5.74, 6) is 0.327. The van der Waals surface area contributed by atoms with Gasteiger partial charge in [-0.1, -0.05) is 29.8 Å². The topological polar surface area (TPSA) is 41.6 Å². The molecule has 1 amide bonds. The average molecular weight is 304 g/mol. The van der Waals surface area contributed by atoms with Crippen LogP contribution in [0.25, 0.3) is 0 Å². The Balaban J connectivity index is 1.75. The van der Waals surface area contributed by atoms with Crippen molar-refractivity contribution in [1.29, 1.82) is 0 Å². The number of rotatable bonds is 6. The van der Waals surface area contributed by atoms with Crippen LogP contribution in [0.15, 0.2) is 24.3 Å². The van der Waals surface area contributed by atoms with Gasteiger partial charge in [0, 0.05) is 25.6 Å². The Labute approximate surface area is 133 Å². The minimum atomic E-state index is 0.0862. The first kappa shape index (κ1) is 17.0. The van der Waals surface area contributed by atoms with Crippen LogP contribution in [0.1, 0.15) is 30.9 Å². The molecule has 1 aliphatic heterocycles. The van der Waals surface area contributed by atoms with E-state index in [9.17, 15) is 4.79 Å². The number of aryl methyl sites for hydroxylation is 1. The van der Waals surface area contributed by atoms with Crippen molar-refractivity contribution in [2.24, 2.45) is 5.92 Å². The van der Waals surface area contributed by atoms with Crippen molar-refractivity contribution in [3.05, 3.63) is 35.4 Å². The number of amides is 1. The van der Waals surface area contributed by atoms with Crippen molar-refractivity contribution in [3.8, 4) is 0 Å². The minimum absolute atomic E-state index is 0.0862. The number of carbonyl (C=O) groups excluding carboxylic acids is 1. The molecule has 22 heavy (non-hydrogen) atoms.